The van der Waals surface area contributed by atoms with E-state index in [1.165, 1.54) is 5.56 Å². The quantitative estimate of drug-likeness (QED) is 0.878. The molecule has 0 saturated carbocycles. The molecule has 0 radical (unpaired) electrons. The number of hydrogen-bond donors (Lipinski definition) is 1. The van der Waals surface area contributed by atoms with Crippen LogP contribution >= 0.6 is 23.2 Å². The maximum Gasteiger partial charge on any atom is 0.0850 e. The number of likely N-dealkylation sites (N-methyl/N-ethyl adjacent to an activating group) is 1. The fourth-order valence-corrected chi connectivity index (χ4v) is 2.95. The molecule has 0 saturated heterocycles. The lowest BCUT2D eigenvalue weighted by Crippen LogP contribution is -2.30. The highest BCUT2D eigenvalue weighted by molar-refractivity contribution is 6.32. The zero-order valence-electron chi connectivity index (χ0n) is 12.7. The van der Waals surface area contributed by atoms with E-state index in [0.717, 1.165) is 40.7 Å². The molecule has 1 heterocycles. The Hall–Kier alpha value is -1.03. The number of hydrogen-bond acceptors (Lipinski definition) is 2. The first-order valence-electron chi connectivity index (χ1n) is 7.17. The number of halogens is 2. The third-order valence-corrected chi connectivity index (χ3v) is 4.43. The normalized spacial score (nSPS) is 12.6. The summed E-state index contributed by atoms with van der Waals surface area (Å²) in [5, 5.41) is 9.40. The molecular formula is C16H21Cl2N3. The molecule has 21 heavy (non-hydrogen) atoms. The van der Waals surface area contributed by atoms with Crippen LogP contribution in [0.2, 0.25) is 10.0 Å². The average molecular weight is 326 g/mol. The van der Waals surface area contributed by atoms with E-state index < -0.39 is 0 Å². The molecule has 0 aliphatic heterocycles. The topological polar surface area (TPSA) is 29.9 Å². The highest BCUT2D eigenvalue weighted by Gasteiger charge is 2.17. The van der Waals surface area contributed by atoms with Gasteiger partial charge in [0.15, 0.2) is 0 Å². The van der Waals surface area contributed by atoms with Crippen molar-refractivity contribution in [3.63, 3.8) is 0 Å². The molecule has 0 aliphatic rings. The Kier molecular flexibility index (Phi) is 5.68. The van der Waals surface area contributed by atoms with E-state index in [9.17, 15) is 0 Å². The summed E-state index contributed by atoms with van der Waals surface area (Å²) in [6, 6.07) is 8.29. The third kappa shape index (κ3) is 4.00. The molecule has 1 atom stereocenters. The van der Waals surface area contributed by atoms with Crippen LogP contribution in [0.4, 0.5) is 0 Å². The van der Waals surface area contributed by atoms with Crippen LogP contribution in [0.25, 0.3) is 0 Å². The van der Waals surface area contributed by atoms with Crippen molar-refractivity contribution < 1.29 is 0 Å². The van der Waals surface area contributed by atoms with Crippen LogP contribution in [0, 0.1) is 0 Å². The highest BCUT2D eigenvalue weighted by Crippen LogP contribution is 2.23. The van der Waals surface area contributed by atoms with Crippen LogP contribution in [0.1, 0.15) is 23.9 Å². The standard InChI is InChI=1S/C16H21Cl2N3/c1-4-14-16(18)15(21(3)20-14)10-13(19-2)9-11-5-7-12(17)8-6-11/h5-8,13,19H,4,9-10H2,1-3H3. The van der Waals surface area contributed by atoms with Crippen LogP contribution in [0.5, 0.6) is 0 Å². The Morgan fingerprint density at radius 1 is 1.19 bits per heavy atom. The van der Waals surface area contributed by atoms with Crippen molar-refractivity contribution in [1.82, 2.24) is 15.1 Å². The van der Waals surface area contributed by atoms with Gasteiger partial charge < -0.3 is 5.32 Å². The van der Waals surface area contributed by atoms with Crippen LogP contribution in [0.15, 0.2) is 24.3 Å². The van der Waals surface area contributed by atoms with Gasteiger partial charge in [0.05, 0.1) is 16.4 Å². The molecule has 3 nitrogen and oxygen atoms in total. The Bertz CT molecular complexity index is 590. The van der Waals surface area contributed by atoms with Crippen molar-refractivity contribution in [1.29, 1.82) is 0 Å². The molecule has 2 rings (SSSR count). The molecule has 114 valence electrons. The summed E-state index contributed by atoms with van der Waals surface area (Å²) in [4.78, 5) is 0. The number of nitrogens with zero attached hydrogens (tertiary/aromatic N) is 2. The number of nitrogens with one attached hydrogen (secondary N) is 1. The van der Waals surface area contributed by atoms with E-state index in [1.807, 2.05) is 30.9 Å². The van der Waals surface area contributed by atoms with Crippen molar-refractivity contribution in [2.24, 2.45) is 7.05 Å². The lowest BCUT2D eigenvalue weighted by molar-refractivity contribution is 0.533. The van der Waals surface area contributed by atoms with E-state index in [2.05, 4.69) is 29.5 Å². The smallest absolute Gasteiger partial charge is 0.0850 e. The summed E-state index contributed by atoms with van der Waals surface area (Å²) in [5.74, 6) is 0. The van der Waals surface area contributed by atoms with Gasteiger partial charge in [-0.3, -0.25) is 4.68 Å². The molecular weight excluding hydrogens is 305 g/mol. The second kappa shape index (κ2) is 7.30. The van der Waals surface area contributed by atoms with Crippen molar-refractivity contribution >= 4 is 23.2 Å². The number of rotatable bonds is 6. The maximum atomic E-state index is 6.43. The lowest BCUT2D eigenvalue weighted by Gasteiger charge is -2.17. The van der Waals surface area contributed by atoms with E-state index >= 15 is 0 Å². The van der Waals surface area contributed by atoms with Gasteiger partial charge in [-0.15, -0.1) is 0 Å². The molecule has 1 aromatic carbocycles. The zero-order valence-corrected chi connectivity index (χ0v) is 14.2. The Morgan fingerprint density at radius 2 is 1.86 bits per heavy atom. The summed E-state index contributed by atoms with van der Waals surface area (Å²) in [6.07, 6.45) is 2.63. The maximum absolute atomic E-state index is 6.43. The molecule has 0 fully saturated rings. The van der Waals surface area contributed by atoms with Crippen LogP contribution in [-0.2, 0) is 26.3 Å². The molecule has 5 heteroatoms. The average Bonchev–Trinajstić information content (AvgIpc) is 2.75. The predicted molar refractivity (Wildman–Crippen MR) is 89.3 cm³/mol. The van der Waals surface area contributed by atoms with Crippen molar-refractivity contribution in [3.8, 4) is 0 Å². The van der Waals surface area contributed by atoms with Crippen molar-refractivity contribution in [2.45, 2.75) is 32.2 Å². The second-order valence-corrected chi connectivity index (χ2v) is 6.02. The van der Waals surface area contributed by atoms with Crippen LogP contribution in [-0.4, -0.2) is 22.9 Å². The van der Waals surface area contributed by atoms with Gasteiger partial charge in [0, 0.05) is 24.5 Å². The van der Waals surface area contributed by atoms with E-state index in [1.54, 1.807) is 0 Å². The molecule has 1 unspecified atom stereocenters. The summed E-state index contributed by atoms with van der Waals surface area (Å²) >= 11 is 12.4. The van der Waals surface area contributed by atoms with E-state index in [-0.39, 0.29) is 0 Å². The minimum absolute atomic E-state index is 0.309. The molecule has 2 aromatic rings. The molecule has 0 amide bonds. The fourth-order valence-electron chi connectivity index (χ4n) is 2.46. The molecule has 0 spiro atoms. The van der Waals surface area contributed by atoms with Gasteiger partial charge in [0.2, 0.25) is 0 Å². The predicted octanol–water partition coefficient (Wildman–Crippen LogP) is 3.66. The number of aryl methyl sites for hydroxylation is 2. The van der Waals surface area contributed by atoms with Gasteiger partial charge in [-0.25, -0.2) is 0 Å². The van der Waals surface area contributed by atoms with Crippen LogP contribution < -0.4 is 5.32 Å². The second-order valence-electron chi connectivity index (χ2n) is 5.20. The first kappa shape index (κ1) is 16.3. The van der Waals surface area contributed by atoms with Gasteiger partial charge in [-0.2, -0.15) is 5.10 Å². The van der Waals surface area contributed by atoms with Gasteiger partial charge in [0.1, 0.15) is 0 Å². The summed E-state index contributed by atoms with van der Waals surface area (Å²) in [5.41, 5.74) is 3.31. The first-order valence-corrected chi connectivity index (χ1v) is 7.92. The summed E-state index contributed by atoms with van der Waals surface area (Å²) in [6.45, 7) is 2.07. The van der Waals surface area contributed by atoms with Crippen LogP contribution in [0.3, 0.4) is 0 Å². The number of benzene rings is 1. The lowest BCUT2D eigenvalue weighted by atomic mass is 10.0. The SMILES string of the molecule is CCc1nn(C)c(CC(Cc2ccc(Cl)cc2)NC)c1Cl. The third-order valence-electron chi connectivity index (χ3n) is 3.75. The Balaban J connectivity index is 2.12. The monoisotopic (exact) mass is 325 g/mol. The fraction of sp³-hybridized carbons (Fsp3) is 0.438. The molecule has 0 aliphatic carbocycles. The van der Waals surface area contributed by atoms with E-state index in [4.69, 9.17) is 23.2 Å². The van der Waals surface area contributed by atoms with Gasteiger partial charge in [0.25, 0.3) is 0 Å². The zero-order chi connectivity index (χ0) is 15.4. The first-order chi connectivity index (χ1) is 10.0. The van der Waals surface area contributed by atoms with Crippen molar-refractivity contribution in [2.75, 3.05) is 7.05 Å². The number of aromatic nitrogens is 2. The Morgan fingerprint density at radius 3 is 2.38 bits per heavy atom. The summed E-state index contributed by atoms with van der Waals surface area (Å²) < 4.78 is 1.90. The largest absolute Gasteiger partial charge is 0.316 e. The van der Waals surface area contributed by atoms with Gasteiger partial charge >= 0.3 is 0 Å². The molecule has 0 bridgehead atoms. The minimum atomic E-state index is 0.309. The Labute approximate surface area is 136 Å². The van der Waals surface area contributed by atoms with Crippen molar-refractivity contribution in [3.05, 3.63) is 51.3 Å². The molecule has 1 N–H and O–H groups in total. The van der Waals surface area contributed by atoms with E-state index in [0.29, 0.717) is 6.04 Å². The minimum Gasteiger partial charge on any atom is -0.316 e. The van der Waals surface area contributed by atoms with Gasteiger partial charge in [-0.05, 0) is 37.6 Å². The highest BCUT2D eigenvalue weighted by atomic mass is 35.5. The summed E-state index contributed by atoms with van der Waals surface area (Å²) in [7, 11) is 3.93. The molecule has 1 aromatic heterocycles. The van der Waals surface area contributed by atoms with Gasteiger partial charge in [-0.1, -0.05) is 42.3 Å².